The van der Waals surface area contributed by atoms with Crippen molar-refractivity contribution in [2.75, 3.05) is 6.61 Å². The zero-order chi connectivity index (χ0) is 25.6. The van der Waals surface area contributed by atoms with Crippen LogP contribution in [0.15, 0.2) is 30.5 Å². The largest absolute Gasteiger partial charge is 0.481 e. The van der Waals surface area contributed by atoms with E-state index in [-0.39, 0.29) is 42.7 Å². The highest BCUT2D eigenvalue weighted by molar-refractivity contribution is 5.79. The van der Waals surface area contributed by atoms with Gasteiger partial charge in [-0.1, -0.05) is 18.1 Å². The Morgan fingerprint density at radius 3 is 2.60 bits per heavy atom. The lowest BCUT2D eigenvalue weighted by Crippen LogP contribution is -2.39. The monoisotopic (exact) mass is 492 g/mol. The van der Waals surface area contributed by atoms with Crippen LogP contribution < -0.4 is 10.1 Å². The van der Waals surface area contributed by atoms with Crippen LogP contribution in [0.1, 0.15) is 64.3 Å². The van der Waals surface area contributed by atoms with Crippen LogP contribution >= 0.6 is 0 Å². The molecular weight excluding hydrogens is 461 g/mol. The quantitative estimate of drug-likeness (QED) is 0.553. The molecule has 1 aliphatic rings. The number of aromatic nitrogens is 3. The fraction of sp³-hybridized carbons (Fsp3) is 0.560. The number of halogens is 3. The maximum atomic E-state index is 12.6. The lowest BCUT2D eigenvalue weighted by molar-refractivity contribution is -0.137. The van der Waals surface area contributed by atoms with Gasteiger partial charge in [-0.05, 0) is 70.2 Å². The van der Waals surface area contributed by atoms with Gasteiger partial charge in [0, 0.05) is 6.04 Å². The van der Waals surface area contributed by atoms with Crippen molar-refractivity contribution < 1.29 is 27.4 Å². The maximum Gasteiger partial charge on any atom is 0.416 e. The highest BCUT2D eigenvalue weighted by Gasteiger charge is 2.34. The Morgan fingerprint density at radius 2 is 1.94 bits per heavy atom. The normalized spacial score (nSPS) is 19.7. The first kappa shape index (κ1) is 26.5. The molecule has 0 unspecified atom stereocenters. The van der Waals surface area contributed by atoms with Crippen molar-refractivity contribution in [2.45, 2.75) is 77.4 Å². The van der Waals surface area contributed by atoms with Gasteiger partial charge in [-0.15, -0.1) is 5.10 Å². The van der Waals surface area contributed by atoms with E-state index in [1.54, 1.807) is 10.9 Å². The number of hydrogen-bond acceptors (Lipinski definition) is 5. The minimum Gasteiger partial charge on any atom is -0.481 e. The predicted molar refractivity (Wildman–Crippen MR) is 124 cm³/mol. The first-order valence-electron chi connectivity index (χ1n) is 11.7. The molecule has 1 amide bonds. The van der Waals surface area contributed by atoms with Gasteiger partial charge < -0.3 is 14.8 Å². The minimum absolute atomic E-state index is 0.00759. The summed E-state index contributed by atoms with van der Waals surface area (Å²) in [6.45, 7) is 7.80. The lowest BCUT2D eigenvalue weighted by atomic mass is 10.00. The van der Waals surface area contributed by atoms with Gasteiger partial charge in [0.25, 0.3) is 0 Å². The van der Waals surface area contributed by atoms with E-state index in [1.165, 1.54) is 12.1 Å². The molecule has 1 aromatic carbocycles. The average molecular weight is 493 g/mol. The number of rotatable bonds is 8. The summed E-state index contributed by atoms with van der Waals surface area (Å²) in [4.78, 5) is 12.3. The van der Waals surface area contributed by atoms with Crippen LogP contribution in [0.4, 0.5) is 13.2 Å². The number of benzene rings is 1. The number of carbonyl (C=O) groups excluding carboxylic acids is 1. The summed E-state index contributed by atoms with van der Waals surface area (Å²) in [5.74, 6) is 5.75. The molecule has 10 heteroatoms. The van der Waals surface area contributed by atoms with E-state index in [4.69, 9.17) is 9.47 Å². The molecule has 35 heavy (non-hydrogen) atoms. The van der Waals surface area contributed by atoms with Crippen LogP contribution in [0.3, 0.4) is 0 Å². The topological polar surface area (TPSA) is 78.3 Å². The second-order valence-corrected chi connectivity index (χ2v) is 9.11. The molecule has 0 aliphatic carbocycles. The zero-order valence-electron chi connectivity index (χ0n) is 20.3. The van der Waals surface area contributed by atoms with Gasteiger partial charge in [-0.2, -0.15) is 13.2 Å². The van der Waals surface area contributed by atoms with Crippen LogP contribution in [0.5, 0.6) is 5.75 Å². The molecule has 7 nitrogen and oxygen atoms in total. The van der Waals surface area contributed by atoms with E-state index in [0.29, 0.717) is 11.4 Å². The fourth-order valence-corrected chi connectivity index (χ4v) is 3.88. The van der Waals surface area contributed by atoms with E-state index in [9.17, 15) is 18.0 Å². The number of ether oxygens (including phenoxy) is 2. The third-order valence-electron chi connectivity index (χ3n) is 5.82. The summed E-state index contributed by atoms with van der Waals surface area (Å²) in [6, 6.07) is 4.58. The summed E-state index contributed by atoms with van der Waals surface area (Å²) >= 11 is 0. The van der Waals surface area contributed by atoms with Gasteiger partial charge >= 0.3 is 6.18 Å². The number of hydrogen-bond donors (Lipinski definition) is 1. The van der Waals surface area contributed by atoms with E-state index >= 15 is 0 Å². The summed E-state index contributed by atoms with van der Waals surface area (Å²) in [5.41, 5.74) is -0.261. The maximum absolute atomic E-state index is 12.6. The lowest BCUT2D eigenvalue weighted by Gasteiger charge is -2.22. The third-order valence-corrected chi connectivity index (χ3v) is 5.82. The Labute approximate surface area is 203 Å². The zero-order valence-corrected chi connectivity index (χ0v) is 20.3. The van der Waals surface area contributed by atoms with Crippen molar-refractivity contribution in [2.24, 2.45) is 5.92 Å². The van der Waals surface area contributed by atoms with E-state index < -0.39 is 11.7 Å². The van der Waals surface area contributed by atoms with E-state index in [2.05, 4.69) is 27.5 Å². The van der Waals surface area contributed by atoms with Gasteiger partial charge in [-0.3, -0.25) is 4.79 Å². The molecule has 1 fully saturated rings. The molecule has 3 rings (SSSR count). The number of nitrogens with zero attached hydrogens (tertiary/aromatic N) is 3. The second kappa shape index (κ2) is 11.6. The van der Waals surface area contributed by atoms with Crippen LogP contribution in [-0.2, 0) is 15.7 Å². The molecule has 4 atom stereocenters. The first-order valence-corrected chi connectivity index (χ1v) is 11.7. The molecular formula is C25H31F3N4O3. The summed E-state index contributed by atoms with van der Waals surface area (Å²) in [6.07, 6.45) is -0.222. The van der Waals surface area contributed by atoms with Gasteiger partial charge in [0.2, 0.25) is 5.91 Å². The molecule has 1 N–H and O–H groups in total. The molecule has 2 heterocycles. The van der Waals surface area contributed by atoms with Crippen molar-refractivity contribution in [1.29, 1.82) is 0 Å². The Bertz CT molecular complexity index is 1040. The smallest absolute Gasteiger partial charge is 0.416 e. The molecule has 1 saturated heterocycles. The van der Waals surface area contributed by atoms with Crippen LogP contribution in [0.2, 0.25) is 0 Å². The van der Waals surface area contributed by atoms with Gasteiger partial charge in [0.15, 0.2) is 5.69 Å². The third kappa shape index (κ3) is 7.72. The second-order valence-electron chi connectivity index (χ2n) is 9.11. The Hall–Kier alpha value is -3.06. The SMILES string of the molecule is CC(C)NC(=O)[C@H](C)[C@H]1CC[C@@H](C[C@@H](C)n2cc(C#CCOc3ccc(C(F)(F)F)cc3)nn2)O1. The molecule has 0 bridgehead atoms. The molecule has 1 aromatic heterocycles. The van der Waals surface area contributed by atoms with E-state index in [1.807, 2.05) is 27.7 Å². The van der Waals surface area contributed by atoms with Crippen LogP contribution in [0.25, 0.3) is 0 Å². The average Bonchev–Trinajstić information content (AvgIpc) is 3.45. The molecule has 0 spiro atoms. The van der Waals surface area contributed by atoms with Crippen LogP contribution in [-0.4, -0.2) is 45.8 Å². The fourth-order valence-electron chi connectivity index (χ4n) is 3.88. The van der Waals surface area contributed by atoms with E-state index in [0.717, 1.165) is 31.4 Å². The van der Waals surface area contributed by atoms with Crippen molar-refractivity contribution >= 4 is 5.91 Å². The van der Waals surface area contributed by atoms with Crippen molar-refractivity contribution in [3.8, 4) is 17.6 Å². The number of nitrogens with one attached hydrogen (secondary N) is 1. The predicted octanol–water partition coefficient (Wildman–Crippen LogP) is 4.39. The molecule has 190 valence electrons. The Kier molecular flexibility index (Phi) is 8.78. The minimum atomic E-state index is -4.38. The van der Waals surface area contributed by atoms with Gasteiger partial charge in [-0.25, -0.2) is 4.68 Å². The summed E-state index contributed by atoms with van der Waals surface area (Å²) in [5, 5.41) is 11.1. The Morgan fingerprint density at radius 1 is 1.23 bits per heavy atom. The molecule has 0 saturated carbocycles. The van der Waals surface area contributed by atoms with Crippen molar-refractivity contribution in [3.05, 3.63) is 41.7 Å². The number of alkyl halides is 3. The standard InChI is InChI=1S/C25H31F3N4O3/c1-16(2)29-24(33)18(4)23-12-11-22(35-23)14-17(3)32-15-20(30-31-32)6-5-13-34-21-9-7-19(8-10-21)25(26,27)28/h7-10,15-18,22-23H,11-14H2,1-4H3,(H,29,33)/t17-,18-,22+,23-/m1/s1. The summed E-state index contributed by atoms with van der Waals surface area (Å²) < 4.78 is 51.0. The van der Waals surface area contributed by atoms with Gasteiger partial charge in [0.1, 0.15) is 12.4 Å². The molecule has 0 radical (unpaired) electrons. The highest BCUT2D eigenvalue weighted by atomic mass is 19.4. The van der Waals surface area contributed by atoms with Gasteiger partial charge in [0.05, 0.1) is 35.9 Å². The van der Waals surface area contributed by atoms with Crippen LogP contribution in [0, 0.1) is 17.8 Å². The molecule has 2 aromatic rings. The number of amides is 1. The molecule has 1 aliphatic heterocycles. The number of carbonyl (C=O) groups is 1. The highest BCUT2D eigenvalue weighted by Crippen LogP contribution is 2.31. The van der Waals surface area contributed by atoms with Crippen molar-refractivity contribution in [3.63, 3.8) is 0 Å². The first-order chi connectivity index (χ1) is 16.5. The summed E-state index contributed by atoms with van der Waals surface area (Å²) in [7, 11) is 0. The Balaban J connectivity index is 1.45. The van der Waals surface area contributed by atoms with Crippen molar-refractivity contribution in [1.82, 2.24) is 20.3 Å².